The highest BCUT2D eigenvalue weighted by Gasteiger charge is 2.62. The molecule has 1 heteroatoms. The number of fused-ring (bicyclic) bond motifs is 5. The number of nitrogens with zero attached hydrogens (tertiary/aromatic N) is 1. The van der Waals surface area contributed by atoms with Gasteiger partial charge in [-0.3, -0.25) is 4.98 Å². The zero-order valence-electron chi connectivity index (χ0n) is 13.9. The minimum absolute atomic E-state index is 0.341. The molecule has 0 radical (unpaired) electrons. The molecule has 3 aliphatic carbocycles. The lowest BCUT2D eigenvalue weighted by atomic mass is 9.55. The summed E-state index contributed by atoms with van der Waals surface area (Å²) in [6.07, 6.45) is 10.1. The monoisotopic (exact) mass is 311 g/mol. The molecular weight excluding hydrogens is 290 g/mol. The van der Waals surface area contributed by atoms with E-state index >= 15 is 0 Å². The van der Waals surface area contributed by atoms with Crippen LogP contribution in [0.5, 0.6) is 0 Å². The number of hydrogen-bond acceptors (Lipinski definition) is 1. The van der Waals surface area contributed by atoms with Gasteiger partial charge < -0.3 is 0 Å². The molecule has 1 heterocycles. The summed E-state index contributed by atoms with van der Waals surface area (Å²) in [5.41, 5.74) is 6.53. The van der Waals surface area contributed by atoms with Gasteiger partial charge in [0.1, 0.15) is 0 Å². The second-order valence-corrected chi connectivity index (χ2v) is 7.98. The van der Waals surface area contributed by atoms with Crippen LogP contribution in [-0.4, -0.2) is 4.98 Å². The van der Waals surface area contributed by atoms with Gasteiger partial charge in [-0.2, -0.15) is 0 Å². The Balaban J connectivity index is 1.85. The van der Waals surface area contributed by atoms with Crippen LogP contribution in [0.25, 0.3) is 22.0 Å². The summed E-state index contributed by atoms with van der Waals surface area (Å²) in [4.78, 5) is 4.88. The third kappa shape index (κ3) is 1.29. The third-order valence-electron chi connectivity index (χ3n) is 7.32. The van der Waals surface area contributed by atoms with Crippen molar-refractivity contribution < 1.29 is 0 Å². The van der Waals surface area contributed by atoms with E-state index in [0.717, 1.165) is 0 Å². The lowest BCUT2D eigenvalue weighted by Crippen LogP contribution is -2.43. The van der Waals surface area contributed by atoms with Crippen LogP contribution in [0.1, 0.15) is 49.7 Å². The number of hydrogen-bond donors (Lipinski definition) is 0. The van der Waals surface area contributed by atoms with E-state index in [1.807, 2.05) is 6.20 Å². The maximum atomic E-state index is 4.88. The summed E-state index contributed by atoms with van der Waals surface area (Å²) < 4.78 is 0. The van der Waals surface area contributed by atoms with Crippen molar-refractivity contribution in [3.63, 3.8) is 0 Å². The molecule has 3 aromatic rings. The second kappa shape index (κ2) is 4.27. The first-order valence-electron chi connectivity index (χ1n) is 9.34. The summed E-state index contributed by atoms with van der Waals surface area (Å²) in [5, 5.41) is 2.86. The maximum Gasteiger partial charge on any atom is 0.0743 e. The van der Waals surface area contributed by atoms with E-state index < -0.39 is 0 Å². The summed E-state index contributed by atoms with van der Waals surface area (Å²) >= 11 is 0. The zero-order chi connectivity index (χ0) is 15.8. The molecule has 0 spiro atoms. The van der Waals surface area contributed by atoms with Crippen molar-refractivity contribution in [2.45, 2.75) is 49.4 Å². The quantitative estimate of drug-likeness (QED) is 0.514. The summed E-state index contributed by atoms with van der Waals surface area (Å²) in [7, 11) is 0. The van der Waals surface area contributed by atoms with Gasteiger partial charge >= 0.3 is 0 Å². The molecule has 6 rings (SSSR count). The molecule has 2 aromatic carbocycles. The highest BCUT2D eigenvalue weighted by molar-refractivity contribution is 5.95. The number of pyridine rings is 1. The molecule has 2 fully saturated rings. The average Bonchev–Trinajstić information content (AvgIpc) is 3.19. The molecule has 3 aliphatic rings. The molecule has 2 saturated carbocycles. The molecule has 118 valence electrons. The fourth-order valence-corrected chi connectivity index (χ4v) is 6.60. The highest BCUT2D eigenvalue weighted by atomic mass is 14.7. The van der Waals surface area contributed by atoms with Crippen LogP contribution in [0.15, 0.2) is 54.7 Å². The van der Waals surface area contributed by atoms with E-state index in [-0.39, 0.29) is 0 Å². The Labute approximate surface area is 142 Å². The Morgan fingerprint density at radius 2 is 1.54 bits per heavy atom. The Morgan fingerprint density at radius 1 is 0.750 bits per heavy atom. The molecule has 0 atom stereocenters. The van der Waals surface area contributed by atoms with Crippen molar-refractivity contribution in [1.82, 2.24) is 4.98 Å². The van der Waals surface area contributed by atoms with Crippen molar-refractivity contribution in [1.29, 1.82) is 0 Å². The number of aromatic nitrogens is 1. The molecular formula is C23H21N. The largest absolute Gasteiger partial charge is 0.256 e. The van der Waals surface area contributed by atoms with Crippen molar-refractivity contribution in [3.05, 3.63) is 65.9 Å². The Morgan fingerprint density at radius 3 is 2.42 bits per heavy atom. The van der Waals surface area contributed by atoms with E-state index in [9.17, 15) is 0 Å². The molecule has 0 N–H and O–H groups in total. The zero-order valence-corrected chi connectivity index (χ0v) is 13.9. The number of rotatable bonds is 0. The normalized spacial score (nSPS) is 29.8. The van der Waals surface area contributed by atoms with E-state index in [1.54, 1.807) is 11.1 Å². The van der Waals surface area contributed by atoms with Crippen LogP contribution in [0.2, 0.25) is 0 Å². The van der Waals surface area contributed by atoms with Crippen molar-refractivity contribution >= 4 is 10.8 Å². The van der Waals surface area contributed by atoms with Crippen molar-refractivity contribution in [3.8, 4) is 11.3 Å². The van der Waals surface area contributed by atoms with Gasteiger partial charge in [0.05, 0.1) is 5.69 Å². The second-order valence-electron chi connectivity index (χ2n) is 7.98. The van der Waals surface area contributed by atoms with E-state index in [1.165, 1.54) is 60.6 Å². The first-order chi connectivity index (χ1) is 11.9. The van der Waals surface area contributed by atoms with Gasteiger partial charge in [0.15, 0.2) is 0 Å². The predicted molar refractivity (Wildman–Crippen MR) is 98.2 cm³/mol. The smallest absolute Gasteiger partial charge is 0.0743 e. The molecule has 1 aromatic heterocycles. The SMILES string of the molecule is c1cnc2c(c1)C13CCCC1(CCC3)c1c-2ccc2ccccc12. The lowest BCUT2D eigenvalue weighted by Gasteiger charge is -2.47. The van der Waals surface area contributed by atoms with Crippen LogP contribution in [0.3, 0.4) is 0 Å². The van der Waals surface area contributed by atoms with Gasteiger partial charge in [-0.25, -0.2) is 0 Å². The van der Waals surface area contributed by atoms with Crippen LogP contribution >= 0.6 is 0 Å². The van der Waals surface area contributed by atoms with Crippen LogP contribution < -0.4 is 0 Å². The van der Waals surface area contributed by atoms with E-state index in [4.69, 9.17) is 4.98 Å². The maximum absolute atomic E-state index is 4.88. The van der Waals surface area contributed by atoms with Gasteiger partial charge in [-0.15, -0.1) is 0 Å². The Kier molecular flexibility index (Phi) is 2.35. The summed E-state index contributed by atoms with van der Waals surface area (Å²) in [5.74, 6) is 0. The average molecular weight is 311 g/mol. The summed E-state index contributed by atoms with van der Waals surface area (Å²) in [6.45, 7) is 0. The van der Waals surface area contributed by atoms with Crippen LogP contribution in [0.4, 0.5) is 0 Å². The fourth-order valence-electron chi connectivity index (χ4n) is 6.60. The molecule has 0 aliphatic heterocycles. The van der Waals surface area contributed by atoms with Gasteiger partial charge in [0, 0.05) is 22.6 Å². The van der Waals surface area contributed by atoms with Crippen LogP contribution in [0, 0.1) is 0 Å². The van der Waals surface area contributed by atoms with Gasteiger partial charge in [0.25, 0.3) is 0 Å². The van der Waals surface area contributed by atoms with Crippen molar-refractivity contribution in [2.75, 3.05) is 0 Å². The third-order valence-corrected chi connectivity index (χ3v) is 7.32. The lowest BCUT2D eigenvalue weighted by molar-refractivity contribution is 0.300. The molecule has 1 nitrogen and oxygen atoms in total. The molecule has 0 unspecified atom stereocenters. The number of benzene rings is 2. The molecule has 0 saturated heterocycles. The van der Waals surface area contributed by atoms with E-state index in [0.29, 0.717) is 10.8 Å². The van der Waals surface area contributed by atoms with Crippen LogP contribution in [-0.2, 0) is 10.8 Å². The van der Waals surface area contributed by atoms with E-state index in [2.05, 4.69) is 48.5 Å². The predicted octanol–water partition coefficient (Wildman–Crippen LogP) is 5.76. The molecule has 24 heavy (non-hydrogen) atoms. The first-order valence-corrected chi connectivity index (χ1v) is 9.34. The fraction of sp³-hybridized carbons (Fsp3) is 0.348. The minimum Gasteiger partial charge on any atom is -0.256 e. The molecule has 0 amide bonds. The standard InChI is InChI=1S/C23H21N/c1-2-7-17-16(6-1)9-10-18-20(17)23-13-4-11-22(23,12-5-14-23)19-8-3-15-24-21(18)19/h1-3,6-10,15H,4-5,11-14H2. The van der Waals surface area contributed by atoms with Crippen molar-refractivity contribution in [2.24, 2.45) is 0 Å². The van der Waals surface area contributed by atoms with Gasteiger partial charge in [0.2, 0.25) is 0 Å². The topological polar surface area (TPSA) is 12.9 Å². The Hall–Kier alpha value is -2.15. The first kappa shape index (κ1) is 13.2. The van der Waals surface area contributed by atoms with Gasteiger partial charge in [-0.05, 0) is 53.6 Å². The summed E-state index contributed by atoms with van der Waals surface area (Å²) in [6, 6.07) is 18.2. The highest BCUT2D eigenvalue weighted by Crippen LogP contribution is 2.69. The molecule has 0 bridgehead atoms. The van der Waals surface area contributed by atoms with Gasteiger partial charge in [-0.1, -0.05) is 55.3 Å². The Bertz CT molecular complexity index is 974. The minimum atomic E-state index is 0.341.